The topological polar surface area (TPSA) is 96.3 Å². The zero-order valence-corrected chi connectivity index (χ0v) is 16.9. The molecule has 0 aliphatic carbocycles. The standard InChI is InChI=1S/C20H33N5O2/c1-5-15(23-20(26)27-4)12-18-14(2)17-13-22-19(24-17)16(21)10-8-6-7-9-11-25(18)3/h5,12-14,16H,6-11,21H2,1-4H3,(H,22,24)(H,23,26)/b15-5+,18-12+/t14?,16-/m0/s1. The molecule has 2 heterocycles. The molecular weight excluding hydrogens is 342 g/mol. The van der Waals surface area contributed by atoms with E-state index in [0.717, 1.165) is 43.0 Å². The van der Waals surface area contributed by atoms with Gasteiger partial charge in [-0.05, 0) is 25.8 Å². The Hall–Kier alpha value is -2.28. The number of hydrogen-bond donors (Lipinski definition) is 3. The molecule has 1 aromatic rings. The van der Waals surface area contributed by atoms with Crippen LogP contribution in [-0.4, -0.2) is 41.7 Å². The van der Waals surface area contributed by atoms with Crippen molar-refractivity contribution in [3.05, 3.63) is 41.3 Å². The number of alkyl carbamates (subject to hydrolysis) is 1. The van der Waals surface area contributed by atoms with Crippen LogP contribution < -0.4 is 11.1 Å². The fourth-order valence-corrected chi connectivity index (χ4v) is 3.34. The third-order valence-electron chi connectivity index (χ3n) is 5.12. The molecule has 0 saturated heterocycles. The normalized spacial score (nSPS) is 24.0. The van der Waals surface area contributed by atoms with Crippen LogP contribution in [0.25, 0.3) is 0 Å². The number of amides is 1. The van der Waals surface area contributed by atoms with Crippen LogP contribution in [0, 0.1) is 0 Å². The molecule has 0 spiro atoms. The average molecular weight is 376 g/mol. The lowest BCUT2D eigenvalue weighted by atomic mass is 10.0. The Morgan fingerprint density at radius 2 is 2.15 bits per heavy atom. The lowest BCUT2D eigenvalue weighted by molar-refractivity contribution is 0.174. The van der Waals surface area contributed by atoms with E-state index in [4.69, 9.17) is 10.5 Å². The summed E-state index contributed by atoms with van der Waals surface area (Å²) in [6.45, 7) is 4.98. The minimum Gasteiger partial charge on any atom is -0.453 e. The van der Waals surface area contributed by atoms with E-state index < -0.39 is 6.09 Å². The highest BCUT2D eigenvalue weighted by atomic mass is 16.5. The van der Waals surface area contributed by atoms with Crippen molar-refractivity contribution in [2.24, 2.45) is 5.73 Å². The lowest BCUT2D eigenvalue weighted by Crippen LogP contribution is -2.26. The number of likely N-dealkylation sites (N-methyl/N-ethyl adjacent to an activating group) is 1. The van der Waals surface area contributed by atoms with Gasteiger partial charge in [0.15, 0.2) is 0 Å². The van der Waals surface area contributed by atoms with Crippen molar-refractivity contribution in [3.63, 3.8) is 0 Å². The summed E-state index contributed by atoms with van der Waals surface area (Å²) in [7, 11) is 3.45. The van der Waals surface area contributed by atoms with Crippen LogP contribution in [0.3, 0.4) is 0 Å². The third-order valence-corrected chi connectivity index (χ3v) is 5.12. The molecule has 1 unspecified atom stereocenters. The van der Waals surface area contributed by atoms with Gasteiger partial charge in [0.2, 0.25) is 0 Å². The minimum atomic E-state index is -0.477. The van der Waals surface area contributed by atoms with Gasteiger partial charge >= 0.3 is 6.09 Å². The second-order valence-electron chi connectivity index (χ2n) is 7.11. The number of nitrogens with zero attached hydrogens (tertiary/aromatic N) is 2. The second kappa shape index (κ2) is 10.2. The fraction of sp³-hybridized carbons (Fsp3) is 0.600. The number of nitrogens with one attached hydrogen (secondary N) is 2. The molecular formula is C20H33N5O2. The predicted molar refractivity (Wildman–Crippen MR) is 107 cm³/mol. The summed E-state index contributed by atoms with van der Waals surface area (Å²) in [6, 6.07) is -0.0519. The Bertz CT molecular complexity index is 680. The summed E-state index contributed by atoms with van der Waals surface area (Å²) in [5.74, 6) is 0.927. The summed E-state index contributed by atoms with van der Waals surface area (Å²) in [5, 5.41) is 2.76. The van der Waals surface area contributed by atoms with Crippen molar-refractivity contribution in [1.82, 2.24) is 20.2 Å². The van der Waals surface area contributed by atoms with Gasteiger partial charge < -0.3 is 20.4 Å². The van der Waals surface area contributed by atoms with E-state index in [1.807, 2.05) is 25.3 Å². The van der Waals surface area contributed by atoms with E-state index in [-0.39, 0.29) is 12.0 Å². The average Bonchev–Trinajstić information content (AvgIpc) is 3.16. The first-order chi connectivity index (χ1) is 13.0. The lowest BCUT2D eigenvalue weighted by Gasteiger charge is -2.27. The Kier molecular flexibility index (Phi) is 7.91. The van der Waals surface area contributed by atoms with Gasteiger partial charge in [-0.15, -0.1) is 0 Å². The van der Waals surface area contributed by atoms with Gasteiger partial charge in [0.05, 0.1) is 13.2 Å². The first-order valence-corrected chi connectivity index (χ1v) is 9.70. The molecule has 0 aromatic carbocycles. The molecule has 0 fully saturated rings. The number of ether oxygens (including phenoxy) is 1. The maximum Gasteiger partial charge on any atom is 0.411 e. The number of fused-ring (bicyclic) bond motifs is 2. The van der Waals surface area contributed by atoms with E-state index in [1.54, 1.807) is 0 Å². The largest absolute Gasteiger partial charge is 0.453 e. The van der Waals surface area contributed by atoms with Crippen LogP contribution >= 0.6 is 0 Å². The van der Waals surface area contributed by atoms with E-state index >= 15 is 0 Å². The van der Waals surface area contributed by atoms with Crippen molar-refractivity contribution in [1.29, 1.82) is 0 Å². The number of methoxy groups -OCH3 is 1. The molecule has 1 amide bonds. The van der Waals surface area contributed by atoms with E-state index in [1.165, 1.54) is 20.0 Å². The number of nitrogens with two attached hydrogens (primary N) is 1. The zero-order valence-electron chi connectivity index (χ0n) is 16.9. The van der Waals surface area contributed by atoms with Gasteiger partial charge in [-0.1, -0.05) is 32.3 Å². The molecule has 2 atom stereocenters. The SMILES string of the molecule is C/C=C(\C=C1/C(C)c2cnc([nH]2)[C@@H](N)CCCCCCN1C)NC(=O)OC. The monoisotopic (exact) mass is 375 g/mol. The summed E-state index contributed by atoms with van der Waals surface area (Å²) in [6.07, 6.45) is 10.8. The number of aromatic nitrogens is 2. The molecule has 2 rings (SSSR count). The molecule has 0 saturated carbocycles. The number of aromatic amines is 1. The smallest absolute Gasteiger partial charge is 0.411 e. The van der Waals surface area contributed by atoms with Gasteiger partial charge in [0, 0.05) is 42.8 Å². The van der Waals surface area contributed by atoms with Crippen molar-refractivity contribution in [3.8, 4) is 0 Å². The Balaban J connectivity index is 2.35. The Morgan fingerprint density at radius 1 is 1.41 bits per heavy atom. The van der Waals surface area contributed by atoms with Gasteiger partial charge in [0.1, 0.15) is 5.82 Å². The van der Waals surface area contributed by atoms with Crippen LogP contribution in [-0.2, 0) is 4.74 Å². The maximum absolute atomic E-state index is 11.6. The maximum atomic E-state index is 11.6. The second-order valence-corrected chi connectivity index (χ2v) is 7.11. The van der Waals surface area contributed by atoms with Crippen molar-refractivity contribution in [2.45, 2.75) is 57.9 Å². The number of hydrogen-bond acceptors (Lipinski definition) is 5. The first kappa shape index (κ1) is 21.0. The van der Waals surface area contributed by atoms with Crippen LogP contribution in [0.2, 0.25) is 0 Å². The van der Waals surface area contributed by atoms with Crippen LogP contribution in [0.15, 0.2) is 29.7 Å². The number of imidazole rings is 1. The number of allylic oxidation sites excluding steroid dienone is 3. The third kappa shape index (κ3) is 5.85. The molecule has 7 heteroatoms. The quantitative estimate of drug-likeness (QED) is 0.734. The predicted octanol–water partition coefficient (Wildman–Crippen LogP) is 3.55. The van der Waals surface area contributed by atoms with E-state index in [2.05, 4.69) is 34.2 Å². The van der Waals surface area contributed by atoms with Crippen LogP contribution in [0.4, 0.5) is 4.79 Å². The van der Waals surface area contributed by atoms with Crippen molar-refractivity contribution >= 4 is 6.09 Å². The van der Waals surface area contributed by atoms with Gasteiger partial charge in [-0.3, -0.25) is 5.32 Å². The zero-order chi connectivity index (χ0) is 19.8. The highest BCUT2D eigenvalue weighted by Gasteiger charge is 2.20. The molecule has 27 heavy (non-hydrogen) atoms. The number of carbonyl (C=O) groups excluding carboxylic acids is 1. The summed E-state index contributed by atoms with van der Waals surface area (Å²) in [4.78, 5) is 21.8. The van der Waals surface area contributed by atoms with Crippen LogP contribution in [0.5, 0.6) is 0 Å². The van der Waals surface area contributed by atoms with E-state index in [0.29, 0.717) is 5.70 Å². The highest BCUT2D eigenvalue weighted by Crippen LogP contribution is 2.28. The molecule has 4 N–H and O–H groups in total. The molecule has 150 valence electrons. The molecule has 2 bridgehead atoms. The minimum absolute atomic E-state index is 0.0519. The van der Waals surface area contributed by atoms with Gasteiger partial charge in [-0.2, -0.15) is 0 Å². The van der Waals surface area contributed by atoms with Crippen molar-refractivity contribution in [2.75, 3.05) is 20.7 Å². The Labute approximate surface area is 162 Å². The number of rotatable bonds is 2. The molecule has 0 radical (unpaired) electrons. The van der Waals surface area contributed by atoms with E-state index in [9.17, 15) is 4.79 Å². The van der Waals surface area contributed by atoms with Gasteiger partial charge in [-0.25, -0.2) is 9.78 Å². The first-order valence-electron chi connectivity index (χ1n) is 9.70. The van der Waals surface area contributed by atoms with Gasteiger partial charge in [0.25, 0.3) is 0 Å². The summed E-state index contributed by atoms with van der Waals surface area (Å²) < 4.78 is 4.72. The fourth-order valence-electron chi connectivity index (χ4n) is 3.34. The van der Waals surface area contributed by atoms with Crippen molar-refractivity contribution < 1.29 is 9.53 Å². The molecule has 1 aliphatic heterocycles. The van der Waals surface area contributed by atoms with Crippen LogP contribution in [0.1, 0.15) is 69.4 Å². The summed E-state index contributed by atoms with van der Waals surface area (Å²) >= 11 is 0. The highest BCUT2D eigenvalue weighted by molar-refractivity contribution is 5.70. The molecule has 7 nitrogen and oxygen atoms in total. The Morgan fingerprint density at radius 3 is 2.85 bits per heavy atom. The molecule has 1 aliphatic rings. The molecule has 1 aromatic heterocycles. The summed E-state index contributed by atoms with van der Waals surface area (Å²) in [5.41, 5.74) is 9.12. The number of H-pyrrole nitrogens is 1. The number of carbonyl (C=O) groups is 1.